The van der Waals surface area contributed by atoms with E-state index >= 15 is 0 Å². The van der Waals surface area contributed by atoms with Crippen molar-refractivity contribution in [3.05, 3.63) is 57.2 Å². The summed E-state index contributed by atoms with van der Waals surface area (Å²) in [5.74, 6) is -0.969. The monoisotopic (exact) mass is 410 g/mol. The first-order chi connectivity index (χ1) is 13.9. The smallest absolute Gasteiger partial charge is 0.323 e. The topological polar surface area (TPSA) is 62.5 Å². The second-order valence-corrected chi connectivity index (χ2v) is 8.11. The van der Waals surface area contributed by atoms with Crippen LogP contribution in [-0.4, -0.2) is 29.7 Å². The lowest BCUT2D eigenvalue weighted by atomic mass is 9.93. The van der Waals surface area contributed by atoms with E-state index in [1.165, 1.54) is 12.0 Å². The highest BCUT2D eigenvalue weighted by atomic mass is 35.5. The molecule has 0 atom stereocenters. The molecule has 1 N–H and O–H groups in total. The van der Waals surface area contributed by atoms with Gasteiger partial charge in [-0.25, -0.2) is 0 Å². The van der Waals surface area contributed by atoms with Crippen molar-refractivity contribution in [2.24, 2.45) is 0 Å². The van der Waals surface area contributed by atoms with Crippen LogP contribution in [0.1, 0.15) is 31.2 Å². The Kier molecular flexibility index (Phi) is 5.09. The minimum Gasteiger partial charge on any atom is -0.480 e. The molecule has 1 aliphatic rings. The lowest BCUT2D eigenvalue weighted by Crippen LogP contribution is -2.20. The van der Waals surface area contributed by atoms with Gasteiger partial charge in [0, 0.05) is 24.9 Å². The molecule has 0 unspecified atom stereocenters. The van der Waals surface area contributed by atoms with Crippen LogP contribution in [0.5, 0.6) is 0 Å². The zero-order valence-corrected chi connectivity index (χ0v) is 17.3. The number of hydrogen-bond donors (Lipinski definition) is 1. The summed E-state index contributed by atoms with van der Waals surface area (Å²) in [4.78, 5) is 26.8. The minimum atomic E-state index is -0.969. The highest BCUT2D eigenvalue weighted by Crippen LogP contribution is 2.35. The van der Waals surface area contributed by atoms with E-state index < -0.39 is 5.97 Å². The molecular formula is C23H23ClN2O3. The van der Waals surface area contributed by atoms with E-state index in [4.69, 9.17) is 11.6 Å². The molecule has 1 heterocycles. The van der Waals surface area contributed by atoms with Crippen molar-refractivity contribution in [1.82, 2.24) is 4.57 Å². The van der Waals surface area contributed by atoms with Gasteiger partial charge in [0.15, 0.2) is 5.43 Å². The molecule has 5 nitrogen and oxygen atoms in total. The van der Waals surface area contributed by atoms with Crippen molar-refractivity contribution in [3.63, 3.8) is 0 Å². The molecule has 3 aromatic rings. The van der Waals surface area contributed by atoms with Crippen LogP contribution in [0.3, 0.4) is 0 Å². The molecule has 0 aliphatic heterocycles. The molecule has 1 aromatic heterocycles. The molecule has 2 aromatic carbocycles. The summed E-state index contributed by atoms with van der Waals surface area (Å²) in [6, 6.07) is 9.13. The Balaban J connectivity index is 2.15. The second-order valence-electron chi connectivity index (χ2n) is 7.70. The Labute approximate surface area is 173 Å². The third-order valence-corrected chi connectivity index (χ3v) is 5.86. The van der Waals surface area contributed by atoms with Gasteiger partial charge in [-0.3, -0.25) is 9.59 Å². The SMILES string of the molecule is CN(C)c1c(Cl)ccc2c(=O)c3ccc(C4=CCCCC4)cc3n(CC(=O)O)c12. The normalized spacial score (nSPS) is 14.2. The summed E-state index contributed by atoms with van der Waals surface area (Å²) in [6.45, 7) is -0.253. The summed E-state index contributed by atoms with van der Waals surface area (Å²) >= 11 is 6.45. The first-order valence-electron chi connectivity index (χ1n) is 9.76. The van der Waals surface area contributed by atoms with Crippen LogP contribution in [-0.2, 0) is 11.3 Å². The second kappa shape index (κ2) is 7.56. The Morgan fingerprint density at radius 3 is 2.59 bits per heavy atom. The molecule has 0 saturated carbocycles. The van der Waals surface area contributed by atoms with Gasteiger partial charge in [-0.2, -0.15) is 0 Å². The summed E-state index contributed by atoms with van der Waals surface area (Å²) in [5, 5.41) is 11.1. The maximum Gasteiger partial charge on any atom is 0.323 e. The zero-order chi connectivity index (χ0) is 20.7. The number of nitrogens with zero attached hydrogens (tertiary/aromatic N) is 2. The van der Waals surface area contributed by atoms with Crippen molar-refractivity contribution in [2.45, 2.75) is 32.2 Å². The van der Waals surface area contributed by atoms with Crippen LogP contribution in [0.15, 0.2) is 41.2 Å². The number of aromatic nitrogens is 1. The number of carbonyl (C=O) groups is 1. The van der Waals surface area contributed by atoms with Gasteiger partial charge in [-0.05, 0) is 61.1 Å². The van der Waals surface area contributed by atoms with Crippen molar-refractivity contribution in [1.29, 1.82) is 0 Å². The largest absolute Gasteiger partial charge is 0.480 e. The number of allylic oxidation sites excluding steroid dienone is 2. The van der Waals surface area contributed by atoms with E-state index in [0.29, 0.717) is 32.5 Å². The van der Waals surface area contributed by atoms with Crippen molar-refractivity contribution < 1.29 is 9.90 Å². The third kappa shape index (κ3) is 3.40. The Hall–Kier alpha value is -2.79. The van der Waals surface area contributed by atoms with Gasteiger partial charge in [0.25, 0.3) is 0 Å². The fraction of sp³-hybridized carbons (Fsp3) is 0.304. The van der Waals surface area contributed by atoms with Gasteiger partial charge < -0.3 is 14.6 Å². The molecule has 0 fully saturated rings. The van der Waals surface area contributed by atoms with Crippen LogP contribution in [0.2, 0.25) is 5.02 Å². The lowest BCUT2D eigenvalue weighted by molar-refractivity contribution is -0.137. The number of pyridine rings is 1. The molecule has 0 bridgehead atoms. The zero-order valence-electron chi connectivity index (χ0n) is 16.5. The molecule has 0 radical (unpaired) electrons. The average Bonchev–Trinajstić information content (AvgIpc) is 2.70. The maximum absolute atomic E-state index is 13.3. The lowest BCUT2D eigenvalue weighted by Gasteiger charge is -2.22. The first kappa shape index (κ1) is 19.5. The van der Waals surface area contributed by atoms with Gasteiger partial charge in [0.1, 0.15) is 6.54 Å². The van der Waals surface area contributed by atoms with E-state index in [1.54, 1.807) is 16.7 Å². The number of fused-ring (bicyclic) bond motifs is 2. The van der Waals surface area contributed by atoms with E-state index in [9.17, 15) is 14.7 Å². The summed E-state index contributed by atoms with van der Waals surface area (Å²) in [5.41, 5.74) is 4.01. The quantitative estimate of drug-likeness (QED) is 0.620. The van der Waals surface area contributed by atoms with Crippen LogP contribution in [0.25, 0.3) is 27.4 Å². The molecule has 0 spiro atoms. The molecule has 6 heteroatoms. The highest BCUT2D eigenvalue weighted by molar-refractivity contribution is 6.35. The molecule has 0 saturated heterocycles. The third-order valence-electron chi connectivity index (χ3n) is 5.55. The van der Waals surface area contributed by atoms with E-state index in [1.807, 2.05) is 37.2 Å². The first-order valence-corrected chi connectivity index (χ1v) is 10.1. The molecule has 29 heavy (non-hydrogen) atoms. The van der Waals surface area contributed by atoms with Crippen molar-refractivity contribution >= 4 is 50.6 Å². The van der Waals surface area contributed by atoms with E-state index in [2.05, 4.69) is 6.08 Å². The predicted octanol–water partition coefficient (Wildman–Crippen LogP) is 4.92. The summed E-state index contributed by atoms with van der Waals surface area (Å²) in [6.07, 6.45) is 6.62. The predicted molar refractivity (Wildman–Crippen MR) is 119 cm³/mol. The highest BCUT2D eigenvalue weighted by Gasteiger charge is 2.20. The van der Waals surface area contributed by atoms with Gasteiger partial charge in [0.05, 0.1) is 21.7 Å². The van der Waals surface area contributed by atoms with Crippen LogP contribution in [0, 0.1) is 0 Å². The Morgan fingerprint density at radius 2 is 1.93 bits per heavy atom. The number of aliphatic carboxylic acids is 1. The number of benzene rings is 2. The van der Waals surface area contributed by atoms with E-state index in [-0.39, 0.29) is 12.0 Å². The Morgan fingerprint density at radius 1 is 1.17 bits per heavy atom. The maximum atomic E-state index is 13.3. The summed E-state index contributed by atoms with van der Waals surface area (Å²) < 4.78 is 1.71. The summed E-state index contributed by atoms with van der Waals surface area (Å²) in [7, 11) is 3.67. The number of carboxylic acid groups (broad SMARTS) is 1. The van der Waals surface area contributed by atoms with Gasteiger partial charge in [-0.15, -0.1) is 0 Å². The van der Waals surface area contributed by atoms with Gasteiger partial charge in [0.2, 0.25) is 0 Å². The standard InChI is InChI=1S/C23H23ClN2O3/c1-25(2)22-18(24)11-10-17-21(22)26(13-20(27)28)19-12-15(8-9-16(19)23(17)29)14-6-4-3-5-7-14/h6,8-12H,3-5,7,13H2,1-2H3,(H,27,28). The average molecular weight is 411 g/mol. The Bertz CT molecular complexity index is 1220. The van der Waals surface area contributed by atoms with Crippen LogP contribution >= 0.6 is 11.6 Å². The molecular weight excluding hydrogens is 388 g/mol. The fourth-order valence-corrected chi connectivity index (χ4v) is 4.57. The van der Waals surface area contributed by atoms with Crippen molar-refractivity contribution in [2.75, 3.05) is 19.0 Å². The van der Waals surface area contributed by atoms with Crippen LogP contribution < -0.4 is 10.3 Å². The fourth-order valence-electron chi connectivity index (χ4n) is 4.25. The van der Waals surface area contributed by atoms with Crippen molar-refractivity contribution in [3.8, 4) is 0 Å². The molecule has 4 rings (SSSR count). The number of anilines is 1. The van der Waals surface area contributed by atoms with Gasteiger partial charge in [-0.1, -0.05) is 23.7 Å². The number of hydrogen-bond acceptors (Lipinski definition) is 3. The van der Waals surface area contributed by atoms with E-state index in [0.717, 1.165) is 24.8 Å². The van der Waals surface area contributed by atoms with Crippen LogP contribution in [0.4, 0.5) is 5.69 Å². The molecule has 1 aliphatic carbocycles. The number of rotatable bonds is 4. The number of carboxylic acids is 1. The molecule has 150 valence electrons. The number of halogens is 1. The minimum absolute atomic E-state index is 0.111. The molecule has 0 amide bonds. The van der Waals surface area contributed by atoms with Gasteiger partial charge >= 0.3 is 5.97 Å².